The molecule has 5 nitrogen and oxygen atoms in total. The summed E-state index contributed by atoms with van der Waals surface area (Å²) < 4.78 is 6.69. The number of furan rings is 1. The largest absolute Gasteiger partial charge is 0.451 e. The zero-order chi connectivity index (χ0) is 21.4. The number of hydrogen-bond acceptors (Lipinski definition) is 5. The van der Waals surface area contributed by atoms with Crippen LogP contribution in [0.25, 0.3) is 21.5 Å². The molecule has 2 heterocycles. The predicted octanol–water partition coefficient (Wildman–Crippen LogP) is 6.61. The highest BCUT2D eigenvalue weighted by atomic mass is 35.5. The maximum atomic E-state index is 12.5. The second-order valence-corrected chi connectivity index (χ2v) is 8.93. The highest BCUT2D eigenvalue weighted by Crippen LogP contribution is 2.32. The molecule has 0 radical (unpaired) electrons. The number of aromatic nitrogens is 1. The quantitative estimate of drug-likeness (QED) is 0.326. The minimum Gasteiger partial charge on any atom is -0.451 e. The van der Waals surface area contributed by atoms with Crippen LogP contribution in [0.1, 0.15) is 21.7 Å². The molecule has 4 rings (SSSR count). The molecule has 4 aromatic rings. The first-order chi connectivity index (χ1) is 14.3. The number of benzene rings is 2. The molecule has 0 aliphatic carbocycles. The molecule has 1 amide bonds. The van der Waals surface area contributed by atoms with Crippen LogP contribution in [0.15, 0.2) is 46.9 Å². The van der Waals surface area contributed by atoms with Crippen molar-refractivity contribution in [3.63, 3.8) is 0 Å². The maximum absolute atomic E-state index is 12.5. The van der Waals surface area contributed by atoms with Crippen molar-refractivity contribution in [1.29, 1.82) is 0 Å². The number of thiazole rings is 1. The van der Waals surface area contributed by atoms with Gasteiger partial charge in [0, 0.05) is 10.6 Å². The zero-order valence-corrected chi connectivity index (χ0v) is 19.0. The van der Waals surface area contributed by atoms with Crippen molar-refractivity contribution in [3.05, 3.63) is 69.4 Å². The Kier molecular flexibility index (Phi) is 5.79. The lowest BCUT2D eigenvalue weighted by Gasteiger charge is -2.05. The normalized spacial score (nSPS) is 10.9. The molecular weight excluding hydrogens is 461 g/mol. The predicted molar refractivity (Wildman–Crippen MR) is 127 cm³/mol. The fourth-order valence-electron chi connectivity index (χ4n) is 3.01. The molecule has 9 heteroatoms. The van der Waals surface area contributed by atoms with E-state index in [1.54, 1.807) is 30.3 Å². The average molecular weight is 476 g/mol. The molecule has 0 aliphatic heterocycles. The minimum absolute atomic E-state index is 0.0981. The van der Waals surface area contributed by atoms with Gasteiger partial charge in [-0.15, -0.1) is 0 Å². The summed E-state index contributed by atoms with van der Waals surface area (Å²) in [6, 6.07) is 12.4. The van der Waals surface area contributed by atoms with E-state index in [1.165, 1.54) is 16.9 Å². The number of aryl methyl sites for hydroxylation is 2. The third-order valence-electron chi connectivity index (χ3n) is 4.30. The Labute approximate surface area is 192 Å². The SMILES string of the molecule is Cc1cc(C)c2nc(NC(=S)NC(=O)c3ccc(-c4cc(Cl)ccc4Cl)o3)sc2c1. The van der Waals surface area contributed by atoms with Gasteiger partial charge in [0.15, 0.2) is 16.0 Å². The van der Waals surface area contributed by atoms with Crippen LogP contribution in [0, 0.1) is 13.8 Å². The maximum Gasteiger partial charge on any atom is 0.293 e. The van der Waals surface area contributed by atoms with Gasteiger partial charge in [-0.1, -0.05) is 40.6 Å². The Balaban J connectivity index is 1.47. The number of carbonyl (C=O) groups excluding carboxylic acids is 1. The summed E-state index contributed by atoms with van der Waals surface area (Å²) in [5.41, 5.74) is 3.77. The number of hydrogen-bond donors (Lipinski definition) is 2. The van der Waals surface area contributed by atoms with E-state index in [0.717, 1.165) is 15.8 Å². The van der Waals surface area contributed by atoms with E-state index in [9.17, 15) is 4.79 Å². The molecular formula is C21H15Cl2N3O2S2. The molecule has 0 bridgehead atoms. The van der Waals surface area contributed by atoms with Crippen molar-refractivity contribution >= 4 is 73.1 Å². The number of nitrogens with zero attached hydrogens (tertiary/aromatic N) is 1. The summed E-state index contributed by atoms with van der Waals surface area (Å²) in [5.74, 6) is 0.0505. The Morgan fingerprint density at radius 3 is 2.73 bits per heavy atom. The Bertz CT molecular complexity index is 1300. The lowest BCUT2D eigenvalue weighted by atomic mass is 10.1. The lowest BCUT2D eigenvalue weighted by Crippen LogP contribution is -2.33. The van der Waals surface area contributed by atoms with Crippen molar-refractivity contribution in [2.24, 2.45) is 0 Å². The Morgan fingerprint density at radius 1 is 1.13 bits per heavy atom. The Hall–Kier alpha value is -2.45. The highest BCUT2D eigenvalue weighted by Gasteiger charge is 2.16. The molecule has 30 heavy (non-hydrogen) atoms. The van der Waals surface area contributed by atoms with Crippen molar-refractivity contribution in [2.75, 3.05) is 5.32 Å². The van der Waals surface area contributed by atoms with Gasteiger partial charge >= 0.3 is 0 Å². The second-order valence-electron chi connectivity index (χ2n) is 6.64. The van der Waals surface area contributed by atoms with Crippen LogP contribution in [0.4, 0.5) is 5.13 Å². The van der Waals surface area contributed by atoms with Gasteiger partial charge in [-0.3, -0.25) is 10.1 Å². The van der Waals surface area contributed by atoms with Crippen molar-refractivity contribution < 1.29 is 9.21 Å². The highest BCUT2D eigenvalue weighted by molar-refractivity contribution is 7.80. The van der Waals surface area contributed by atoms with Crippen LogP contribution in [-0.2, 0) is 0 Å². The van der Waals surface area contributed by atoms with Crippen LogP contribution < -0.4 is 10.6 Å². The van der Waals surface area contributed by atoms with Gasteiger partial charge in [0.1, 0.15) is 5.76 Å². The van der Waals surface area contributed by atoms with E-state index >= 15 is 0 Å². The van der Waals surface area contributed by atoms with Crippen LogP contribution in [-0.4, -0.2) is 16.0 Å². The summed E-state index contributed by atoms with van der Waals surface area (Å²) in [5, 5.41) is 7.29. The molecule has 0 aliphatic rings. The summed E-state index contributed by atoms with van der Waals surface area (Å²) >= 11 is 18.9. The minimum atomic E-state index is -0.481. The smallest absolute Gasteiger partial charge is 0.293 e. The number of rotatable bonds is 3. The number of halogens is 2. The monoisotopic (exact) mass is 475 g/mol. The van der Waals surface area contributed by atoms with Gasteiger partial charge in [0.2, 0.25) is 0 Å². The first-order valence-corrected chi connectivity index (χ1v) is 10.8. The molecule has 0 atom stereocenters. The fraction of sp³-hybridized carbons (Fsp3) is 0.0952. The van der Waals surface area contributed by atoms with E-state index in [1.807, 2.05) is 13.8 Å². The molecule has 0 spiro atoms. The van der Waals surface area contributed by atoms with Gasteiger partial charge in [0.25, 0.3) is 5.91 Å². The number of nitrogens with one attached hydrogen (secondary N) is 2. The molecule has 0 fully saturated rings. The topological polar surface area (TPSA) is 67.2 Å². The molecule has 0 saturated carbocycles. The molecule has 152 valence electrons. The number of fused-ring (bicyclic) bond motifs is 1. The van der Waals surface area contributed by atoms with E-state index in [-0.39, 0.29) is 10.9 Å². The van der Waals surface area contributed by atoms with Crippen LogP contribution >= 0.6 is 46.8 Å². The van der Waals surface area contributed by atoms with Crippen LogP contribution in [0.2, 0.25) is 10.0 Å². The van der Waals surface area contributed by atoms with Gasteiger partial charge < -0.3 is 9.73 Å². The lowest BCUT2D eigenvalue weighted by molar-refractivity contribution is 0.0951. The van der Waals surface area contributed by atoms with Crippen molar-refractivity contribution in [2.45, 2.75) is 13.8 Å². The van der Waals surface area contributed by atoms with Gasteiger partial charge in [-0.2, -0.15) is 0 Å². The van der Waals surface area contributed by atoms with Gasteiger partial charge in [-0.25, -0.2) is 4.98 Å². The molecule has 0 saturated heterocycles. The van der Waals surface area contributed by atoms with Crippen molar-refractivity contribution in [1.82, 2.24) is 10.3 Å². The fourth-order valence-corrected chi connectivity index (χ4v) is 4.69. The van der Waals surface area contributed by atoms with Crippen molar-refractivity contribution in [3.8, 4) is 11.3 Å². The number of thiocarbonyl (C=S) groups is 1. The molecule has 2 aromatic heterocycles. The molecule has 2 N–H and O–H groups in total. The van der Waals surface area contributed by atoms with Gasteiger partial charge in [0.05, 0.1) is 15.2 Å². The summed E-state index contributed by atoms with van der Waals surface area (Å²) in [4.78, 5) is 17.1. The summed E-state index contributed by atoms with van der Waals surface area (Å²) in [6.45, 7) is 4.05. The number of carbonyl (C=O) groups is 1. The van der Waals surface area contributed by atoms with E-state index < -0.39 is 5.91 Å². The molecule has 0 unspecified atom stereocenters. The molecule has 2 aromatic carbocycles. The first-order valence-electron chi connectivity index (χ1n) is 8.85. The van der Waals surface area contributed by atoms with Crippen LogP contribution in [0.5, 0.6) is 0 Å². The first kappa shape index (κ1) is 20.8. The number of anilines is 1. The zero-order valence-electron chi connectivity index (χ0n) is 15.9. The average Bonchev–Trinajstić information content (AvgIpc) is 3.30. The third-order valence-corrected chi connectivity index (χ3v) is 5.99. The van der Waals surface area contributed by atoms with E-state index in [4.69, 9.17) is 39.8 Å². The number of amides is 1. The standard InChI is InChI=1S/C21H15Cl2N3O2S2/c1-10-7-11(2)18-17(8-10)30-21(24-18)26-20(29)25-19(27)16-6-5-15(28-16)13-9-12(22)3-4-14(13)23/h3-9H,1-2H3,(H2,24,25,26,27,29). The van der Waals surface area contributed by atoms with Gasteiger partial charge in [-0.05, 0) is 73.6 Å². The summed E-state index contributed by atoms with van der Waals surface area (Å²) in [7, 11) is 0. The van der Waals surface area contributed by atoms with Crippen LogP contribution in [0.3, 0.4) is 0 Å². The summed E-state index contributed by atoms with van der Waals surface area (Å²) in [6.07, 6.45) is 0. The second kappa shape index (κ2) is 8.35. The Morgan fingerprint density at radius 2 is 1.93 bits per heavy atom. The van der Waals surface area contributed by atoms with E-state index in [0.29, 0.717) is 26.5 Å². The van der Waals surface area contributed by atoms with E-state index in [2.05, 4.69) is 27.8 Å². The third kappa shape index (κ3) is 4.34.